The van der Waals surface area contributed by atoms with Crippen LogP contribution in [0.1, 0.15) is 40.5 Å². The Morgan fingerprint density at radius 1 is 1.07 bits per heavy atom. The SMILES string of the molecule is CCC(=O)C(CC)C(=O)N(CC)CC. The van der Waals surface area contributed by atoms with E-state index in [-0.39, 0.29) is 11.7 Å². The topological polar surface area (TPSA) is 37.4 Å². The van der Waals surface area contributed by atoms with Crippen molar-refractivity contribution < 1.29 is 9.59 Å². The third-order valence-corrected chi connectivity index (χ3v) is 2.52. The smallest absolute Gasteiger partial charge is 0.233 e. The number of nitrogens with zero attached hydrogens (tertiary/aromatic N) is 1. The van der Waals surface area contributed by atoms with Crippen LogP contribution in [-0.2, 0) is 9.59 Å². The molecule has 0 aliphatic carbocycles. The van der Waals surface area contributed by atoms with Gasteiger partial charge in [0.15, 0.2) is 0 Å². The van der Waals surface area contributed by atoms with Gasteiger partial charge < -0.3 is 4.90 Å². The van der Waals surface area contributed by atoms with E-state index in [4.69, 9.17) is 0 Å². The Hall–Kier alpha value is -0.860. The number of ketones is 1. The lowest BCUT2D eigenvalue weighted by Gasteiger charge is -2.23. The van der Waals surface area contributed by atoms with E-state index in [0.717, 1.165) is 0 Å². The van der Waals surface area contributed by atoms with Crippen LogP contribution in [0.25, 0.3) is 0 Å². The van der Waals surface area contributed by atoms with Crippen molar-refractivity contribution in [3.8, 4) is 0 Å². The predicted molar refractivity (Wildman–Crippen MR) is 57.0 cm³/mol. The summed E-state index contributed by atoms with van der Waals surface area (Å²) in [5.41, 5.74) is 0. The summed E-state index contributed by atoms with van der Waals surface area (Å²) in [5.74, 6) is -0.367. The van der Waals surface area contributed by atoms with E-state index >= 15 is 0 Å². The number of hydrogen-bond donors (Lipinski definition) is 0. The van der Waals surface area contributed by atoms with Crippen molar-refractivity contribution in [3.05, 3.63) is 0 Å². The van der Waals surface area contributed by atoms with Gasteiger partial charge in [0.2, 0.25) is 5.91 Å². The van der Waals surface area contributed by atoms with Crippen LogP contribution in [0.15, 0.2) is 0 Å². The molecule has 1 atom stereocenters. The van der Waals surface area contributed by atoms with E-state index in [1.807, 2.05) is 20.8 Å². The van der Waals surface area contributed by atoms with Gasteiger partial charge in [0, 0.05) is 19.5 Å². The Kier molecular flexibility index (Phi) is 6.17. The molecule has 0 aliphatic heterocycles. The van der Waals surface area contributed by atoms with Crippen molar-refractivity contribution in [2.24, 2.45) is 5.92 Å². The van der Waals surface area contributed by atoms with Crippen LogP contribution in [0.5, 0.6) is 0 Å². The molecule has 0 aromatic heterocycles. The molecule has 82 valence electrons. The van der Waals surface area contributed by atoms with Gasteiger partial charge >= 0.3 is 0 Å². The zero-order valence-electron chi connectivity index (χ0n) is 9.67. The largest absolute Gasteiger partial charge is 0.343 e. The summed E-state index contributed by atoms with van der Waals surface area (Å²) in [6, 6.07) is 0. The second-order valence-electron chi connectivity index (χ2n) is 3.29. The fourth-order valence-corrected chi connectivity index (χ4v) is 1.54. The highest BCUT2D eigenvalue weighted by Gasteiger charge is 2.26. The molecule has 0 fully saturated rings. The van der Waals surface area contributed by atoms with Crippen molar-refractivity contribution in [2.45, 2.75) is 40.5 Å². The molecular weight excluding hydrogens is 178 g/mol. The Labute approximate surface area is 86.5 Å². The summed E-state index contributed by atoms with van der Waals surface area (Å²) >= 11 is 0. The zero-order chi connectivity index (χ0) is 11.1. The molecule has 14 heavy (non-hydrogen) atoms. The molecule has 1 unspecified atom stereocenters. The molecule has 0 radical (unpaired) electrons. The van der Waals surface area contributed by atoms with E-state index in [2.05, 4.69) is 0 Å². The first kappa shape index (κ1) is 13.1. The van der Waals surface area contributed by atoms with Gasteiger partial charge in [-0.3, -0.25) is 9.59 Å². The third kappa shape index (κ3) is 3.13. The molecule has 0 rings (SSSR count). The summed E-state index contributed by atoms with van der Waals surface area (Å²) < 4.78 is 0. The molecule has 0 aliphatic rings. The number of rotatable bonds is 6. The van der Waals surface area contributed by atoms with Gasteiger partial charge in [-0.05, 0) is 20.3 Å². The number of Topliss-reactive ketones (excluding diaryl/α,β-unsaturated/α-hetero) is 1. The summed E-state index contributed by atoms with van der Waals surface area (Å²) in [7, 11) is 0. The highest BCUT2D eigenvalue weighted by atomic mass is 16.2. The first-order chi connectivity index (χ1) is 6.62. The summed E-state index contributed by atoms with van der Waals surface area (Å²) in [6.45, 7) is 8.93. The second-order valence-corrected chi connectivity index (χ2v) is 3.29. The molecule has 0 heterocycles. The molecule has 0 saturated heterocycles. The molecule has 0 aromatic carbocycles. The summed E-state index contributed by atoms with van der Waals surface area (Å²) in [6.07, 6.45) is 1.06. The van der Waals surface area contributed by atoms with Crippen molar-refractivity contribution in [1.82, 2.24) is 4.90 Å². The zero-order valence-corrected chi connectivity index (χ0v) is 9.67. The van der Waals surface area contributed by atoms with Gasteiger partial charge in [-0.1, -0.05) is 13.8 Å². The third-order valence-electron chi connectivity index (χ3n) is 2.52. The van der Waals surface area contributed by atoms with Crippen LogP contribution in [-0.4, -0.2) is 29.7 Å². The number of hydrogen-bond acceptors (Lipinski definition) is 2. The van der Waals surface area contributed by atoms with E-state index in [1.165, 1.54) is 0 Å². The van der Waals surface area contributed by atoms with Crippen LogP contribution >= 0.6 is 0 Å². The normalized spacial score (nSPS) is 12.3. The molecule has 3 nitrogen and oxygen atoms in total. The van der Waals surface area contributed by atoms with E-state index < -0.39 is 5.92 Å². The van der Waals surface area contributed by atoms with Crippen molar-refractivity contribution in [2.75, 3.05) is 13.1 Å². The standard InChI is InChI=1S/C11H21NO2/c1-5-9(10(13)6-2)11(14)12(7-3)8-4/h9H,5-8H2,1-4H3. The van der Waals surface area contributed by atoms with Crippen molar-refractivity contribution in [3.63, 3.8) is 0 Å². The van der Waals surface area contributed by atoms with E-state index in [1.54, 1.807) is 11.8 Å². The number of amides is 1. The molecule has 3 heteroatoms. The molecule has 0 aromatic rings. The van der Waals surface area contributed by atoms with Gasteiger partial charge in [-0.2, -0.15) is 0 Å². The molecule has 1 amide bonds. The predicted octanol–water partition coefficient (Wildman–Crippen LogP) is 1.86. The molecule has 0 bridgehead atoms. The highest BCUT2D eigenvalue weighted by Crippen LogP contribution is 2.11. The Balaban J connectivity index is 4.51. The minimum atomic E-state index is -0.417. The monoisotopic (exact) mass is 199 g/mol. The average Bonchev–Trinajstić information content (AvgIpc) is 2.20. The quantitative estimate of drug-likeness (QED) is 0.612. The maximum Gasteiger partial charge on any atom is 0.233 e. The second kappa shape index (κ2) is 6.57. The van der Waals surface area contributed by atoms with Crippen LogP contribution in [0.4, 0.5) is 0 Å². The Morgan fingerprint density at radius 3 is 1.86 bits per heavy atom. The number of carbonyl (C=O) groups is 2. The summed E-state index contributed by atoms with van der Waals surface area (Å²) in [4.78, 5) is 25.0. The maximum atomic E-state index is 11.8. The van der Waals surface area contributed by atoms with E-state index in [0.29, 0.717) is 25.9 Å². The Bertz CT molecular complexity index is 197. The van der Waals surface area contributed by atoms with Gasteiger partial charge in [0.1, 0.15) is 5.78 Å². The summed E-state index contributed by atoms with van der Waals surface area (Å²) in [5, 5.41) is 0. The Morgan fingerprint density at radius 2 is 1.57 bits per heavy atom. The fraction of sp³-hybridized carbons (Fsp3) is 0.818. The lowest BCUT2D eigenvalue weighted by molar-refractivity contribution is -0.141. The molecule has 0 saturated carbocycles. The lowest BCUT2D eigenvalue weighted by atomic mass is 9.97. The molecule has 0 spiro atoms. The molecular formula is C11H21NO2. The average molecular weight is 199 g/mol. The van der Waals surface area contributed by atoms with Crippen molar-refractivity contribution in [1.29, 1.82) is 0 Å². The van der Waals surface area contributed by atoms with Crippen LogP contribution in [0, 0.1) is 5.92 Å². The maximum absolute atomic E-state index is 11.8. The minimum absolute atomic E-state index is 0.00986. The van der Waals surface area contributed by atoms with Crippen LogP contribution in [0.3, 0.4) is 0 Å². The molecule has 0 N–H and O–H groups in total. The number of carbonyl (C=O) groups excluding carboxylic acids is 2. The van der Waals surface area contributed by atoms with Crippen LogP contribution < -0.4 is 0 Å². The first-order valence-corrected chi connectivity index (χ1v) is 5.43. The highest BCUT2D eigenvalue weighted by molar-refractivity contribution is 6.01. The van der Waals surface area contributed by atoms with Gasteiger partial charge in [-0.15, -0.1) is 0 Å². The minimum Gasteiger partial charge on any atom is -0.343 e. The van der Waals surface area contributed by atoms with Gasteiger partial charge in [0.25, 0.3) is 0 Å². The van der Waals surface area contributed by atoms with Crippen molar-refractivity contribution >= 4 is 11.7 Å². The fourth-order valence-electron chi connectivity index (χ4n) is 1.54. The van der Waals surface area contributed by atoms with E-state index in [9.17, 15) is 9.59 Å². The van der Waals surface area contributed by atoms with Crippen LogP contribution in [0.2, 0.25) is 0 Å². The lowest BCUT2D eigenvalue weighted by Crippen LogP contribution is -2.38. The van der Waals surface area contributed by atoms with Gasteiger partial charge in [-0.25, -0.2) is 0 Å². The van der Waals surface area contributed by atoms with Gasteiger partial charge in [0.05, 0.1) is 5.92 Å². The first-order valence-electron chi connectivity index (χ1n) is 5.43.